The van der Waals surface area contributed by atoms with Gasteiger partial charge in [0.2, 0.25) is 0 Å². The van der Waals surface area contributed by atoms with E-state index in [2.05, 4.69) is 17.0 Å². The summed E-state index contributed by atoms with van der Waals surface area (Å²) in [6.07, 6.45) is 8.67. The van der Waals surface area contributed by atoms with Crippen LogP contribution in [0.1, 0.15) is 31.0 Å². The first-order chi connectivity index (χ1) is 6.79. The molecule has 0 bridgehead atoms. The minimum absolute atomic E-state index is 0.183. The lowest BCUT2D eigenvalue weighted by atomic mass is 10.1. The number of imidazole rings is 1. The topological polar surface area (TPSA) is 55.9 Å². The fourth-order valence-corrected chi connectivity index (χ4v) is 1.49. The summed E-state index contributed by atoms with van der Waals surface area (Å²) >= 11 is 0. The Hall–Kier alpha value is -1.13. The minimum Gasteiger partial charge on any atom is -0.336 e. The number of unbranched alkanes of at least 4 members (excludes halogenated alkanes) is 1. The molecular weight excluding hydrogens is 176 g/mol. The molecule has 0 aliphatic rings. The molecule has 78 valence electrons. The van der Waals surface area contributed by atoms with E-state index in [4.69, 9.17) is 5.84 Å². The smallest absolute Gasteiger partial charge is 0.0946 e. The van der Waals surface area contributed by atoms with E-state index < -0.39 is 0 Å². The predicted molar refractivity (Wildman–Crippen MR) is 57.3 cm³/mol. The first-order valence-corrected chi connectivity index (χ1v) is 4.82. The van der Waals surface area contributed by atoms with Gasteiger partial charge in [0, 0.05) is 13.2 Å². The average molecular weight is 194 g/mol. The number of aryl methyl sites for hydroxylation is 1. The molecule has 4 nitrogen and oxygen atoms in total. The van der Waals surface area contributed by atoms with Crippen molar-refractivity contribution in [1.29, 1.82) is 0 Å². The third-order valence-electron chi connectivity index (χ3n) is 2.31. The van der Waals surface area contributed by atoms with Gasteiger partial charge < -0.3 is 4.57 Å². The van der Waals surface area contributed by atoms with Crippen molar-refractivity contribution >= 4 is 0 Å². The fourth-order valence-electron chi connectivity index (χ4n) is 1.49. The third-order valence-corrected chi connectivity index (χ3v) is 2.31. The third kappa shape index (κ3) is 2.68. The molecule has 1 unspecified atom stereocenters. The Morgan fingerprint density at radius 1 is 1.79 bits per heavy atom. The second-order valence-electron chi connectivity index (χ2n) is 3.37. The lowest BCUT2D eigenvalue weighted by Crippen LogP contribution is -2.29. The van der Waals surface area contributed by atoms with Crippen molar-refractivity contribution < 1.29 is 0 Å². The van der Waals surface area contributed by atoms with Gasteiger partial charge in [-0.15, -0.1) is 6.58 Å². The highest BCUT2D eigenvalue weighted by molar-refractivity contribution is 5.04. The zero-order chi connectivity index (χ0) is 10.4. The van der Waals surface area contributed by atoms with Crippen LogP contribution in [-0.4, -0.2) is 9.55 Å². The zero-order valence-corrected chi connectivity index (χ0v) is 8.61. The van der Waals surface area contributed by atoms with E-state index in [0.29, 0.717) is 0 Å². The lowest BCUT2D eigenvalue weighted by molar-refractivity contribution is 0.478. The van der Waals surface area contributed by atoms with Gasteiger partial charge in [-0.2, -0.15) is 0 Å². The normalized spacial score (nSPS) is 12.7. The molecule has 1 heterocycles. The molecular formula is C10H18N4. The van der Waals surface area contributed by atoms with Crippen molar-refractivity contribution in [2.45, 2.75) is 25.3 Å². The Morgan fingerprint density at radius 3 is 3.07 bits per heavy atom. The number of hydrogen-bond acceptors (Lipinski definition) is 3. The van der Waals surface area contributed by atoms with Gasteiger partial charge in [0.15, 0.2) is 0 Å². The number of nitrogens with zero attached hydrogens (tertiary/aromatic N) is 2. The van der Waals surface area contributed by atoms with Crippen LogP contribution in [0.15, 0.2) is 25.2 Å². The number of hydrazine groups is 1. The molecule has 4 heteroatoms. The second-order valence-corrected chi connectivity index (χ2v) is 3.37. The monoisotopic (exact) mass is 194 g/mol. The lowest BCUT2D eigenvalue weighted by Gasteiger charge is -2.15. The SMILES string of the molecule is C=CCCCC(NN)c1cncn1C. The Bertz CT molecular complexity index is 279. The highest BCUT2D eigenvalue weighted by Crippen LogP contribution is 2.17. The fraction of sp³-hybridized carbons (Fsp3) is 0.500. The number of allylic oxidation sites excluding steroid dienone is 1. The van der Waals surface area contributed by atoms with E-state index in [1.165, 1.54) is 0 Å². The number of aromatic nitrogens is 2. The summed E-state index contributed by atoms with van der Waals surface area (Å²) in [6.45, 7) is 3.69. The Morgan fingerprint density at radius 2 is 2.57 bits per heavy atom. The van der Waals surface area contributed by atoms with Gasteiger partial charge in [0.05, 0.1) is 18.1 Å². The van der Waals surface area contributed by atoms with Crippen LogP contribution >= 0.6 is 0 Å². The second kappa shape index (κ2) is 5.57. The molecule has 1 atom stereocenters. The van der Waals surface area contributed by atoms with Crippen molar-refractivity contribution in [3.63, 3.8) is 0 Å². The van der Waals surface area contributed by atoms with Gasteiger partial charge in [-0.25, -0.2) is 4.98 Å². The highest BCUT2D eigenvalue weighted by atomic mass is 15.2. The summed E-state index contributed by atoms with van der Waals surface area (Å²) < 4.78 is 1.98. The van der Waals surface area contributed by atoms with E-state index >= 15 is 0 Å². The van der Waals surface area contributed by atoms with Crippen LogP contribution in [0, 0.1) is 0 Å². The van der Waals surface area contributed by atoms with E-state index in [1.54, 1.807) is 6.33 Å². The molecule has 3 N–H and O–H groups in total. The van der Waals surface area contributed by atoms with Crippen molar-refractivity contribution in [3.05, 3.63) is 30.9 Å². The van der Waals surface area contributed by atoms with Crippen molar-refractivity contribution in [2.24, 2.45) is 12.9 Å². The summed E-state index contributed by atoms with van der Waals surface area (Å²) in [7, 11) is 1.97. The number of rotatable bonds is 6. The van der Waals surface area contributed by atoms with Gasteiger partial charge in [-0.05, 0) is 19.3 Å². The maximum Gasteiger partial charge on any atom is 0.0946 e. The van der Waals surface area contributed by atoms with Crippen molar-refractivity contribution in [3.8, 4) is 0 Å². The zero-order valence-electron chi connectivity index (χ0n) is 8.61. The maximum absolute atomic E-state index is 5.50. The molecule has 1 aromatic rings. The molecule has 0 amide bonds. The van der Waals surface area contributed by atoms with Gasteiger partial charge >= 0.3 is 0 Å². The molecule has 0 saturated carbocycles. The minimum atomic E-state index is 0.183. The van der Waals surface area contributed by atoms with Crippen LogP contribution in [0.25, 0.3) is 0 Å². The van der Waals surface area contributed by atoms with Crippen LogP contribution in [0.4, 0.5) is 0 Å². The molecule has 1 aromatic heterocycles. The van der Waals surface area contributed by atoms with Gasteiger partial charge in [-0.1, -0.05) is 6.08 Å². The molecule has 0 aromatic carbocycles. The standard InChI is InChI=1S/C10H18N4/c1-3-4-5-6-9(13-11)10-7-12-8-14(10)2/h3,7-9,13H,1,4-6,11H2,2H3. The molecule has 0 aliphatic heterocycles. The van der Waals surface area contributed by atoms with Crippen molar-refractivity contribution in [2.75, 3.05) is 0 Å². The summed E-state index contributed by atoms with van der Waals surface area (Å²) in [4.78, 5) is 4.07. The maximum atomic E-state index is 5.50. The van der Waals surface area contributed by atoms with E-state index in [-0.39, 0.29) is 6.04 Å². The number of hydrogen-bond donors (Lipinski definition) is 2. The molecule has 1 rings (SSSR count). The molecule has 0 radical (unpaired) electrons. The quantitative estimate of drug-likeness (QED) is 0.310. The molecule has 0 aliphatic carbocycles. The number of nitrogens with two attached hydrogens (primary N) is 1. The molecule has 0 saturated heterocycles. The average Bonchev–Trinajstić information content (AvgIpc) is 2.60. The van der Waals surface area contributed by atoms with Crippen LogP contribution in [0.3, 0.4) is 0 Å². The van der Waals surface area contributed by atoms with Gasteiger partial charge in [-0.3, -0.25) is 11.3 Å². The Kier molecular flexibility index (Phi) is 4.35. The Balaban J connectivity index is 2.54. The van der Waals surface area contributed by atoms with Crippen molar-refractivity contribution in [1.82, 2.24) is 15.0 Å². The van der Waals surface area contributed by atoms with E-state index in [9.17, 15) is 0 Å². The summed E-state index contributed by atoms with van der Waals surface area (Å²) in [5.74, 6) is 5.50. The summed E-state index contributed by atoms with van der Waals surface area (Å²) in [5.41, 5.74) is 3.93. The van der Waals surface area contributed by atoms with Crippen LogP contribution < -0.4 is 11.3 Å². The highest BCUT2D eigenvalue weighted by Gasteiger charge is 2.11. The van der Waals surface area contributed by atoms with Crippen LogP contribution in [0.2, 0.25) is 0 Å². The van der Waals surface area contributed by atoms with Gasteiger partial charge in [0.25, 0.3) is 0 Å². The molecule has 14 heavy (non-hydrogen) atoms. The largest absolute Gasteiger partial charge is 0.336 e. The first-order valence-electron chi connectivity index (χ1n) is 4.82. The first kappa shape index (κ1) is 10.9. The van der Waals surface area contributed by atoms with E-state index in [0.717, 1.165) is 25.0 Å². The van der Waals surface area contributed by atoms with Crippen LogP contribution in [-0.2, 0) is 7.05 Å². The molecule has 0 fully saturated rings. The summed E-state index contributed by atoms with van der Waals surface area (Å²) in [5, 5.41) is 0. The molecule has 0 spiro atoms. The summed E-state index contributed by atoms with van der Waals surface area (Å²) in [6, 6.07) is 0.183. The van der Waals surface area contributed by atoms with Gasteiger partial charge in [0.1, 0.15) is 0 Å². The Labute approximate surface area is 84.8 Å². The predicted octanol–water partition coefficient (Wildman–Crippen LogP) is 1.28. The number of nitrogens with one attached hydrogen (secondary N) is 1. The van der Waals surface area contributed by atoms with Crippen LogP contribution in [0.5, 0.6) is 0 Å². The van der Waals surface area contributed by atoms with E-state index in [1.807, 2.05) is 23.9 Å².